The van der Waals surface area contributed by atoms with Crippen molar-refractivity contribution >= 4 is 11.6 Å². The second-order valence-electron chi connectivity index (χ2n) is 5.88. The van der Waals surface area contributed by atoms with E-state index >= 15 is 0 Å². The maximum absolute atomic E-state index is 13.5. The Kier molecular flexibility index (Phi) is 2.43. The Morgan fingerprint density at radius 3 is 2.48 bits per heavy atom. The Morgan fingerprint density at radius 2 is 1.67 bits per heavy atom. The molecule has 2 nitrogen and oxygen atoms in total. The van der Waals surface area contributed by atoms with Crippen LogP contribution in [0.3, 0.4) is 0 Å². The Morgan fingerprint density at radius 1 is 0.905 bits per heavy atom. The van der Waals surface area contributed by atoms with E-state index in [1.807, 2.05) is 18.2 Å². The Hall–Kier alpha value is -2.29. The van der Waals surface area contributed by atoms with Gasteiger partial charge < -0.3 is 0 Å². The summed E-state index contributed by atoms with van der Waals surface area (Å²) >= 11 is 0. The molecule has 0 saturated carbocycles. The minimum atomic E-state index is -1.01. The summed E-state index contributed by atoms with van der Waals surface area (Å²) in [4.78, 5) is 25.6. The van der Waals surface area contributed by atoms with Crippen LogP contribution in [0.5, 0.6) is 0 Å². The molecule has 0 unspecified atom stereocenters. The van der Waals surface area contributed by atoms with Gasteiger partial charge in [0.25, 0.3) is 0 Å². The topological polar surface area (TPSA) is 34.1 Å². The summed E-state index contributed by atoms with van der Waals surface area (Å²) in [5, 5.41) is 0. The minimum Gasteiger partial charge on any atom is -0.293 e. The van der Waals surface area contributed by atoms with Crippen molar-refractivity contribution in [1.82, 2.24) is 0 Å². The van der Waals surface area contributed by atoms with Gasteiger partial charge in [0.05, 0.1) is 0 Å². The fourth-order valence-corrected chi connectivity index (χ4v) is 3.64. The highest BCUT2D eigenvalue weighted by molar-refractivity contribution is 6.23. The molecule has 2 aliphatic rings. The summed E-state index contributed by atoms with van der Waals surface area (Å²) in [7, 11) is 0. The molecule has 0 aromatic heterocycles. The van der Waals surface area contributed by atoms with Crippen LogP contribution in [0.15, 0.2) is 42.5 Å². The largest absolute Gasteiger partial charge is 0.293 e. The molecule has 2 aromatic rings. The number of aryl methyl sites for hydroxylation is 1. The van der Waals surface area contributed by atoms with Crippen molar-refractivity contribution in [1.29, 1.82) is 0 Å². The Balaban J connectivity index is 1.86. The third-order valence-corrected chi connectivity index (χ3v) is 4.76. The van der Waals surface area contributed by atoms with Gasteiger partial charge in [0.2, 0.25) is 0 Å². The maximum atomic E-state index is 13.5. The number of hydrogen-bond acceptors (Lipinski definition) is 2. The van der Waals surface area contributed by atoms with Gasteiger partial charge in [-0.15, -0.1) is 0 Å². The molecule has 2 aliphatic carbocycles. The van der Waals surface area contributed by atoms with E-state index < -0.39 is 11.2 Å². The second-order valence-corrected chi connectivity index (χ2v) is 5.88. The lowest BCUT2D eigenvalue weighted by molar-refractivity contribution is 0.0655. The molecule has 3 heteroatoms. The highest BCUT2D eigenvalue weighted by Gasteiger charge is 2.52. The number of benzene rings is 2. The van der Waals surface area contributed by atoms with Crippen LogP contribution < -0.4 is 0 Å². The van der Waals surface area contributed by atoms with Gasteiger partial charge in [0.15, 0.2) is 11.6 Å². The average molecular weight is 280 g/mol. The molecule has 1 spiro atoms. The molecule has 0 amide bonds. The quantitative estimate of drug-likeness (QED) is 0.693. The number of rotatable bonds is 0. The number of halogens is 1. The predicted octanol–water partition coefficient (Wildman–Crippen LogP) is 3.38. The summed E-state index contributed by atoms with van der Waals surface area (Å²) in [6, 6.07) is 11.7. The van der Waals surface area contributed by atoms with Crippen LogP contribution in [0.1, 0.15) is 38.3 Å². The first-order valence-electron chi connectivity index (χ1n) is 7.08. The molecular formula is C18H13FO2. The van der Waals surface area contributed by atoms with Gasteiger partial charge in [0, 0.05) is 11.1 Å². The SMILES string of the molecule is O=C1c2cc(F)ccc2CC[C@@]12Cc1ccccc1C2=O. The van der Waals surface area contributed by atoms with E-state index in [1.165, 1.54) is 12.1 Å². The zero-order valence-corrected chi connectivity index (χ0v) is 11.4. The summed E-state index contributed by atoms with van der Waals surface area (Å²) in [5.41, 5.74) is 1.78. The molecule has 0 bridgehead atoms. The van der Waals surface area contributed by atoms with Crippen molar-refractivity contribution in [2.75, 3.05) is 0 Å². The number of hydrogen-bond donors (Lipinski definition) is 0. The van der Waals surface area contributed by atoms with Gasteiger partial charge in [-0.25, -0.2) is 4.39 Å². The van der Waals surface area contributed by atoms with E-state index in [1.54, 1.807) is 12.1 Å². The van der Waals surface area contributed by atoms with E-state index in [9.17, 15) is 14.0 Å². The van der Waals surface area contributed by atoms with Gasteiger partial charge in [-0.2, -0.15) is 0 Å². The van der Waals surface area contributed by atoms with Crippen molar-refractivity contribution < 1.29 is 14.0 Å². The van der Waals surface area contributed by atoms with E-state index in [0.29, 0.717) is 30.4 Å². The predicted molar refractivity (Wildman–Crippen MR) is 76.0 cm³/mol. The van der Waals surface area contributed by atoms with Crippen molar-refractivity contribution in [3.8, 4) is 0 Å². The summed E-state index contributed by atoms with van der Waals surface area (Å²) in [5.74, 6) is -0.746. The van der Waals surface area contributed by atoms with Crippen LogP contribution in [-0.2, 0) is 12.8 Å². The van der Waals surface area contributed by atoms with Crippen molar-refractivity contribution in [2.24, 2.45) is 5.41 Å². The van der Waals surface area contributed by atoms with Crippen molar-refractivity contribution in [3.63, 3.8) is 0 Å². The number of ketones is 2. The van der Waals surface area contributed by atoms with Gasteiger partial charge in [-0.3, -0.25) is 9.59 Å². The van der Waals surface area contributed by atoms with E-state index in [4.69, 9.17) is 0 Å². The molecule has 4 rings (SSSR count). The zero-order chi connectivity index (χ0) is 14.6. The van der Waals surface area contributed by atoms with E-state index in [2.05, 4.69) is 0 Å². The first-order valence-corrected chi connectivity index (χ1v) is 7.08. The van der Waals surface area contributed by atoms with Gasteiger partial charge in [0.1, 0.15) is 11.2 Å². The van der Waals surface area contributed by atoms with Crippen molar-refractivity contribution in [2.45, 2.75) is 19.3 Å². The number of carbonyl (C=O) groups is 2. The molecule has 2 aromatic carbocycles. The minimum absolute atomic E-state index is 0.0991. The molecule has 0 fully saturated rings. The highest BCUT2D eigenvalue weighted by atomic mass is 19.1. The lowest BCUT2D eigenvalue weighted by Gasteiger charge is -2.31. The first kappa shape index (κ1) is 12.5. The van der Waals surface area contributed by atoms with Crippen LogP contribution in [0.25, 0.3) is 0 Å². The van der Waals surface area contributed by atoms with E-state index in [0.717, 1.165) is 11.1 Å². The lowest BCUT2D eigenvalue weighted by atomic mass is 9.68. The third kappa shape index (κ3) is 1.57. The summed E-state index contributed by atoms with van der Waals surface area (Å²) in [6.07, 6.45) is 1.59. The van der Waals surface area contributed by atoms with Gasteiger partial charge >= 0.3 is 0 Å². The summed E-state index contributed by atoms with van der Waals surface area (Å²) in [6.45, 7) is 0. The molecule has 21 heavy (non-hydrogen) atoms. The van der Waals surface area contributed by atoms with Crippen LogP contribution in [0, 0.1) is 11.2 Å². The molecule has 0 saturated heterocycles. The van der Waals surface area contributed by atoms with Gasteiger partial charge in [-0.1, -0.05) is 30.3 Å². The van der Waals surface area contributed by atoms with E-state index in [-0.39, 0.29) is 11.6 Å². The highest BCUT2D eigenvalue weighted by Crippen LogP contribution is 2.46. The monoisotopic (exact) mass is 280 g/mol. The number of carbonyl (C=O) groups excluding carboxylic acids is 2. The zero-order valence-electron chi connectivity index (χ0n) is 11.4. The molecule has 1 atom stereocenters. The standard InChI is InChI=1S/C18H13FO2/c19-13-6-5-11-7-8-18(17(21)15(11)9-13)10-12-3-1-2-4-14(12)16(18)20/h1-6,9H,7-8,10H2/t18-/m0/s1. The second kappa shape index (κ2) is 4.10. The molecule has 104 valence electrons. The lowest BCUT2D eigenvalue weighted by Crippen LogP contribution is -2.41. The maximum Gasteiger partial charge on any atom is 0.177 e. The molecule has 0 aliphatic heterocycles. The fraction of sp³-hybridized carbons (Fsp3) is 0.222. The van der Waals surface area contributed by atoms with Crippen LogP contribution >= 0.6 is 0 Å². The fourth-order valence-electron chi connectivity index (χ4n) is 3.64. The third-order valence-electron chi connectivity index (χ3n) is 4.76. The number of fused-ring (bicyclic) bond motifs is 2. The Labute approximate surface area is 121 Å². The normalized spacial score (nSPS) is 23.3. The smallest absolute Gasteiger partial charge is 0.177 e. The van der Waals surface area contributed by atoms with Crippen LogP contribution in [0.2, 0.25) is 0 Å². The molecule has 0 radical (unpaired) electrons. The average Bonchev–Trinajstić information content (AvgIpc) is 2.78. The number of Topliss-reactive ketones (excluding diaryl/α,β-unsaturated/α-hetero) is 2. The summed E-state index contributed by atoms with van der Waals surface area (Å²) < 4.78 is 13.5. The molecule has 0 heterocycles. The Bertz CT molecular complexity index is 794. The first-order chi connectivity index (χ1) is 10.1. The van der Waals surface area contributed by atoms with Crippen molar-refractivity contribution in [3.05, 3.63) is 70.5 Å². The van der Waals surface area contributed by atoms with Crippen LogP contribution in [0.4, 0.5) is 4.39 Å². The van der Waals surface area contributed by atoms with Crippen LogP contribution in [-0.4, -0.2) is 11.6 Å². The molecular weight excluding hydrogens is 267 g/mol. The van der Waals surface area contributed by atoms with Gasteiger partial charge in [-0.05, 0) is 42.5 Å². The molecule has 0 N–H and O–H groups in total.